The summed E-state index contributed by atoms with van der Waals surface area (Å²) in [5.74, 6) is 0. The van der Waals surface area contributed by atoms with E-state index in [1.54, 1.807) is 12.1 Å². The molecule has 5 rings (SSSR count). The molecule has 2 aromatic carbocycles. The minimum atomic E-state index is -4.37. The van der Waals surface area contributed by atoms with Gasteiger partial charge in [0.15, 0.2) is 12.3 Å². The van der Waals surface area contributed by atoms with Crippen LogP contribution in [0.3, 0.4) is 0 Å². The monoisotopic (exact) mass is 852 g/mol. The van der Waals surface area contributed by atoms with Gasteiger partial charge in [0.1, 0.15) is 0 Å². The number of fused-ring (bicyclic) bond motifs is 2. The summed E-state index contributed by atoms with van der Waals surface area (Å²) in [6, 6.07) is 9.91. The fraction of sp³-hybridized carbons (Fsp3) is 0.543. The number of quaternary nitrogens is 2. The SMILES string of the molecule is CCCCNC1=C(/C=C/C2=[N+](CCC[N+](C)(C)C)c3ccc(S(=O)(=O)O)cc3C2(C)C)CCC/C1=C\C=C1\N(CCC[N+](C)(C)C)c2ccc(S(=O)(=O)O)cc2C1(C)C. The maximum atomic E-state index is 12.2. The van der Waals surface area contributed by atoms with Gasteiger partial charge < -0.3 is 19.2 Å². The second-order valence-corrected chi connectivity index (χ2v) is 22.4. The second kappa shape index (κ2) is 17.4. The smallest absolute Gasteiger partial charge is 0.294 e. The first kappa shape index (κ1) is 46.5. The summed E-state index contributed by atoms with van der Waals surface area (Å²) in [6.07, 6.45) is 15.7. The number of nitrogens with zero attached hydrogens (tertiary/aromatic N) is 4. The molecule has 0 atom stereocenters. The van der Waals surface area contributed by atoms with Gasteiger partial charge in [-0.1, -0.05) is 39.3 Å². The largest absolute Gasteiger partial charge is 0.385 e. The molecule has 2 aliphatic heterocycles. The first-order valence-corrected chi connectivity index (χ1v) is 24.0. The zero-order valence-corrected chi connectivity index (χ0v) is 39.0. The lowest BCUT2D eigenvalue weighted by Crippen LogP contribution is -2.37. The Kier molecular flexibility index (Phi) is 13.7. The third kappa shape index (κ3) is 10.8. The van der Waals surface area contributed by atoms with Gasteiger partial charge in [-0.05, 0) is 92.6 Å². The average molecular weight is 853 g/mol. The van der Waals surface area contributed by atoms with Gasteiger partial charge in [0.2, 0.25) is 5.69 Å². The molecule has 2 heterocycles. The summed E-state index contributed by atoms with van der Waals surface area (Å²) in [5.41, 5.74) is 8.36. The average Bonchev–Trinajstić information content (AvgIpc) is 3.46. The number of allylic oxidation sites excluding steroid dienone is 7. The van der Waals surface area contributed by atoms with E-state index in [4.69, 9.17) is 0 Å². The molecule has 59 heavy (non-hydrogen) atoms. The van der Waals surface area contributed by atoms with E-state index in [0.717, 1.165) is 126 Å². The van der Waals surface area contributed by atoms with Crippen LogP contribution in [-0.2, 0) is 31.1 Å². The lowest BCUT2D eigenvalue weighted by atomic mass is 9.81. The molecule has 0 radical (unpaired) electrons. The number of hydrogen-bond acceptors (Lipinski definition) is 6. The van der Waals surface area contributed by atoms with E-state index in [1.807, 2.05) is 12.1 Å². The molecule has 2 aromatic rings. The zero-order chi connectivity index (χ0) is 43.8. The number of benzene rings is 2. The lowest BCUT2D eigenvalue weighted by molar-refractivity contribution is -0.871. The van der Waals surface area contributed by atoms with Crippen LogP contribution in [0.2, 0.25) is 0 Å². The predicted octanol–water partition coefficient (Wildman–Crippen LogP) is 7.74. The number of hydrogen-bond donors (Lipinski definition) is 3. The summed E-state index contributed by atoms with van der Waals surface area (Å²) >= 11 is 0. The Morgan fingerprint density at radius 2 is 1.39 bits per heavy atom. The standard InChI is InChI=1S/C46H67N5O6S2/c1-12-13-27-47-44-34(19-25-42-45(2,3)38-32-36(58(52,53)54)21-23-40(38)48(42)28-15-30-50(6,7)8)17-14-18-35(44)20-26-43-46(4,5)39-33-37(59(55,56)57)22-24-41(39)49(43)29-16-31-51(9,10)11/h19-26,32-33H,12-18,27-31H2,1-11H3/p+3/b34-19+,42-25+. The Labute approximate surface area is 355 Å². The summed E-state index contributed by atoms with van der Waals surface area (Å²) in [6.45, 7) is 15.0. The minimum absolute atomic E-state index is 0.0958. The predicted molar refractivity (Wildman–Crippen MR) is 240 cm³/mol. The molecular weight excluding hydrogens is 783 g/mol. The van der Waals surface area contributed by atoms with Crippen LogP contribution < -0.4 is 10.2 Å². The third-order valence-corrected chi connectivity index (χ3v) is 13.7. The molecule has 324 valence electrons. The van der Waals surface area contributed by atoms with Crippen molar-refractivity contribution in [2.24, 2.45) is 0 Å². The second-order valence-electron chi connectivity index (χ2n) is 19.6. The Hall–Kier alpha value is -3.59. The van der Waals surface area contributed by atoms with E-state index in [1.165, 1.54) is 23.3 Å². The van der Waals surface area contributed by atoms with Crippen LogP contribution in [0, 0.1) is 0 Å². The van der Waals surface area contributed by atoms with E-state index in [2.05, 4.69) is 116 Å². The maximum Gasteiger partial charge on any atom is 0.294 e. The number of unbranched alkanes of at least 4 members (excludes halogenated alkanes) is 1. The van der Waals surface area contributed by atoms with Crippen molar-refractivity contribution in [3.8, 4) is 0 Å². The highest BCUT2D eigenvalue weighted by Gasteiger charge is 2.45. The zero-order valence-electron chi connectivity index (χ0n) is 37.4. The molecular formula is C46H70N5O6S2+3. The molecule has 0 saturated heterocycles. The Morgan fingerprint density at radius 1 is 0.780 bits per heavy atom. The number of rotatable bonds is 17. The molecule has 1 aliphatic carbocycles. The summed E-state index contributed by atoms with van der Waals surface area (Å²) in [5, 5.41) is 3.82. The van der Waals surface area contributed by atoms with Crippen LogP contribution in [-0.4, -0.2) is 120 Å². The molecule has 0 saturated carbocycles. The van der Waals surface area contributed by atoms with Crippen LogP contribution in [0.5, 0.6) is 0 Å². The quantitative estimate of drug-likeness (QED) is 0.0639. The van der Waals surface area contributed by atoms with Gasteiger partial charge in [0, 0.05) is 59.7 Å². The Bertz CT molecular complexity index is 2300. The van der Waals surface area contributed by atoms with Gasteiger partial charge in [-0.2, -0.15) is 21.4 Å². The van der Waals surface area contributed by atoms with Crippen LogP contribution in [0.25, 0.3) is 0 Å². The first-order chi connectivity index (χ1) is 27.3. The normalized spacial score (nSPS) is 19.7. The van der Waals surface area contributed by atoms with E-state index in [0.29, 0.717) is 0 Å². The van der Waals surface area contributed by atoms with Crippen molar-refractivity contribution < 1.29 is 39.5 Å². The Balaban J connectivity index is 1.60. The molecule has 0 aromatic heterocycles. The van der Waals surface area contributed by atoms with Crippen LogP contribution >= 0.6 is 0 Å². The molecule has 11 nitrogen and oxygen atoms in total. The number of anilines is 1. The number of nitrogens with one attached hydrogen (secondary N) is 1. The molecule has 0 fully saturated rings. The van der Waals surface area contributed by atoms with Crippen molar-refractivity contribution in [1.82, 2.24) is 5.32 Å². The van der Waals surface area contributed by atoms with Crippen LogP contribution in [0.4, 0.5) is 11.4 Å². The van der Waals surface area contributed by atoms with Crippen molar-refractivity contribution in [2.75, 3.05) is 79.9 Å². The lowest BCUT2D eigenvalue weighted by Gasteiger charge is -2.29. The molecule has 3 N–H and O–H groups in total. The van der Waals surface area contributed by atoms with Crippen molar-refractivity contribution in [1.29, 1.82) is 0 Å². The first-order valence-electron chi connectivity index (χ1n) is 21.1. The van der Waals surface area contributed by atoms with Crippen molar-refractivity contribution >= 4 is 37.3 Å². The van der Waals surface area contributed by atoms with Crippen LogP contribution in [0.15, 0.2) is 93.0 Å². The maximum absolute atomic E-state index is 12.2. The topological polar surface area (TPSA) is 127 Å². The summed E-state index contributed by atoms with van der Waals surface area (Å²) in [4.78, 5) is 2.13. The van der Waals surface area contributed by atoms with E-state index in [-0.39, 0.29) is 9.79 Å². The fourth-order valence-electron chi connectivity index (χ4n) is 8.75. The van der Waals surface area contributed by atoms with E-state index in [9.17, 15) is 25.9 Å². The Morgan fingerprint density at radius 3 is 2.00 bits per heavy atom. The molecule has 13 heteroatoms. The summed E-state index contributed by atoms with van der Waals surface area (Å²) < 4.78 is 72.9. The summed E-state index contributed by atoms with van der Waals surface area (Å²) in [7, 11) is 4.37. The molecule has 3 aliphatic rings. The third-order valence-electron chi connectivity index (χ3n) is 12.0. The fourth-order valence-corrected chi connectivity index (χ4v) is 9.77. The molecule has 0 bridgehead atoms. The van der Waals surface area contributed by atoms with Gasteiger partial charge >= 0.3 is 0 Å². The molecule has 0 amide bonds. The van der Waals surface area contributed by atoms with Crippen molar-refractivity contribution in [2.45, 2.75) is 100 Å². The molecule has 0 unspecified atom stereocenters. The van der Waals surface area contributed by atoms with Crippen molar-refractivity contribution in [3.05, 3.63) is 94.4 Å². The van der Waals surface area contributed by atoms with E-state index < -0.39 is 31.1 Å². The van der Waals surface area contributed by atoms with Crippen molar-refractivity contribution in [3.63, 3.8) is 0 Å². The highest BCUT2D eigenvalue weighted by Crippen LogP contribution is 2.49. The van der Waals surface area contributed by atoms with E-state index >= 15 is 0 Å². The van der Waals surface area contributed by atoms with Gasteiger partial charge in [0.05, 0.1) is 77.0 Å². The van der Waals surface area contributed by atoms with Crippen LogP contribution in [0.1, 0.15) is 90.7 Å². The van der Waals surface area contributed by atoms with Gasteiger partial charge in [-0.15, -0.1) is 0 Å². The highest BCUT2D eigenvalue weighted by molar-refractivity contribution is 7.86. The van der Waals surface area contributed by atoms with Gasteiger partial charge in [-0.25, -0.2) is 0 Å². The minimum Gasteiger partial charge on any atom is -0.385 e. The van der Waals surface area contributed by atoms with Gasteiger partial charge in [0.25, 0.3) is 20.2 Å². The highest BCUT2D eigenvalue weighted by atomic mass is 32.2. The van der Waals surface area contributed by atoms with Gasteiger partial charge in [-0.3, -0.25) is 9.11 Å². The molecule has 0 spiro atoms.